The number of aromatic nitrogens is 3. The van der Waals surface area contributed by atoms with E-state index in [4.69, 9.17) is 0 Å². The molecule has 2 amide bonds. The van der Waals surface area contributed by atoms with Crippen molar-refractivity contribution in [2.24, 2.45) is 7.05 Å². The van der Waals surface area contributed by atoms with Crippen LogP contribution < -0.4 is 11.0 Å². The summed E-state index contributed by atoms with van der Waals surface area (Å²) in [7, 11) is 1.74. The van der Waals surface area contributed by atoms with Crippen LogP contribution in [0.25, 0.3) is 10.8 Å². The van der Waals surface area contributed by atoms with Gasteiger partial charge in [-0.15, -0.1) is 0 Å². The van der Waals surface area contributed by atoms with Crippen LogP contribution in [0, 0.1) is 0 Å². The third-order valence-corrected chi connectivity index (χ3v) is 6.85. The van der Waals surface area contributed by atoms with Crippen molar-refractivity contribution in [2.45, 2.75) is 50.5 Å². The zero-order valence-electron chi connectivity index (χ0n) is 18.0. The Morgan fingerprint density at radius 1 is 1.00 bits per heavy atom. The second kappa shape index (κ2) is 8.21. The standard InChI is InChI=1S/C24H29N5O2/c1-27-24(31)29(19-9-3-4-10-19)22(26-27)18-13-15-28(16-14-18)23(30)25-21-12-6-8-17-7-2-5-11-20(17)21/h2,5-8,11-12,18-19H,3-4,9-10,13-16H2,1H3,(H,25,30). The molecule has 7 heteroatoms. The number of hydrogen-bond donors (Lipinski definition) is 1. The number of urea groups is 1. The normalized spacial score (nSPS) is 18.0. The third-order valence-electron chi connectivity index (χ3n) is 6.85. The average Bonchev–Trinajstić information content (AvgIpc) is 3.42. The summed E-state index contributed by atoms with van der Waals surface area (Å²) in [5, 5.41) is 9.84. The van der Waals surface area contributed by atoms with Crippen molar-refractivity contribution in [1.82, 2.24) is 19.2 Å². The van der Waals surface area contributed by atoms with Gasteiger partial charge in [-0.05, 0) is 37.1 Å². The number of piperidine rings is 1. The molecule has 0 bridgehead atoms. The van der Waals surface area contributed by atoms with Crippen molar-refractivity contribution in [1.29, 1.82) is 0 Å². The summed E-state index contributed by atoms with van der Waals surface area (Å²) in [5.74, 6) is 1.13. The molecule has 1 saturated heterocycles. The van der Waals surface area contributed by atoms with Gasteiger partial charge in [0.15, 0.2) is 0 Å². The maximum Gasteiger partial charge on any atom is 0.345 e. The molecule has 5 rings (SSSR count). The molecule has 1 saturated carbocycles. The smallest absolute Gasteiger partial charge is 0.324 e. The Balaban J connectivity index is 1.28. The van der Waals surface area contributed by atoms with E-state index in [1.54, 1.807) is 7.05 Å². The fourth-order valence-electron chi connectivity index (χ4n) is 5.15. The number of aryl methyl sites for hydroxylation is 1. The van der Waals surface area contributed by atoms with Crippen LogP contribution in [0.2, 0.25) is 0 Å². The van der Waals surface area contributed by atoms with E-state index in [1.165, 1.54) is 17.5 Å². The van der Waals surface area contributed by atoms with E-state index in [2.05, 4.69) is 10.4 Å². The molecular weight excluding hydrogens is 390 g/mol. The summed E-state index contributed by atoms with van der Waals surface area (Å²) >= 11 is 0. The first-order valence-corrected chi connectivity index (χ1v) is 11.3. The van der Waals surface area contributed by atoms with Crippen LogP contribution in [0.1, 0.15) is 56.3 Å². The maximum absolute atomic E-state index is 12.9. The maximum atomic E-state index is 12.9. The molecule has 1 aliphatic heterocycles. The van der Waals surface area contributed by atoms with E-state index in [0.29, 0.717) is 13.1 Å². The topological polar surface area (TPSA) is 72.2 Å². The Labute approximate surface area is 181 Å². The van der Waals surface area contributed by atoms with Gasteiger partial charge in [0.05, 0.1) is 5.69 Å². The van der Waals surface area contributed by atoms with Crippen molar-refractivity contribution in [2.75, 3.05) is 18.4 Å². The minimum Gasteiger partial charge on any atom is -0.324 e. The van der Waals surface area contributed by atoms with Gasteiger partial charge in [-0.3, -0.25) is 4.57 Å². The largest absolute Gasteiger partial charge is 0.345 e. The number of carbonyl (C=O) groups is 1. The van der Waals surface area contributed by atoms with Crippen molar-refractivity contribution < 1.29 is 4.79 Å². The van der Waals surface area contributed by atoms with Crippen LogP contribution in [0.3, 0.4) is 0 Å². The molecule has 7 nitrogen and oxygen atoms in total. The fraction of sp³-hybridized carbons (Fsp3) is 0.458. The van der Waals surface area contributed by atoms with Crippen LogP contribution in [0.4, 0.5) is 10.5 Å². The Kier molecular flexibility index (Phi) is 5.26. The molecule has 1 aliphatic carbocycles. The summed E-state index contributed by atoms with van der Waals surface area (Å²) in [6.45, 7) is 1.33. The van der Waals surface area contributed by atoms with Crippen LogP contribution in [0.15, 0.2) is 47.3 Å². The van der Waals surface area contributed by atoms with Gasteiger partial charge in [0.2, 0.25) is 0 Å². The molecule has 3 aromatic rings. The molecule has 1 aromatic heterocycles. The van der Waals surface area contributed by atoms with E-state index < -0.39 is 0 Å². The van der Waals surface area contributed by atoms with Gasteiger partial charge in [0, 0.05) is 37.5 Å². The Hall–Kier alpha value is -3.09. The number of likely N-dealkylation sites (tertiary alicyclic amines) is 1. The average molecular weight is 420 g/mol. The predicted molar refractivity (Wildman–Crippen MR) is 121 cm³/mol. The lowest BCUT2D eigenvalue weighted by atomic mass is 9.95. The van der Waals surface area contributed by atoms with E-state index in [1.807, 2.05) is 51.9 Å². The molecule has 0 unspecified atom stereocenters. The summed E-state index contributed by atoms with van der Waals surface area (Å²) < 4.78 is 3.43. The molecule has 1 N–H and O–H groups in total. The Morgan fingerprint density at radius 3 is 2.48 bits per heavy atom. The molecule has 2 heterocycles. The predicted octanol–water partition coefficient (Wildman–Crippen LogP) is 4.26. The number of nitrogens with zero attached hydrogens (tertiary/aromatic N) is 4. The van der Waals surface area contributed by atoms with Crippen molar-refractivity contribution in [3.05, 3.63) is 58.8 Å². The molecule has 162 valence electrons. The minimum atomic E-state index is -0.0657. The molecule has 31 heavy (non-hydrogen) atoms. The van der Waals surface area contributed by atoms with Gasteiger partial charge in [-0.2, -0.15) is 5.10 Å². The first-order valence-electron chi connectivity index (χ1n) is 11.3. The van der Waals surface area contributed by atoms with Crippen LogP contribution in [-0.4, -0.2) is 38.4 Å². The second-order valence-electron chi connectivity index (χ2n) is 8.79. The van der Waals surface area contributed by atoms with Crippen LogP contribution in [-0.2, 0) is 7.05 Å². The molecule has 2 aliphatic rings. The summed E-state index contributed by atoms with van der Waals surface area (Å²) in [6.07, 6.45) is 6.13. The van der Waals surface area contributed by atoms with Crippen molar-refractivity contribution >= 4 is 22.5 Å². The lowest BCUT2D eigenvalue weighted by Crippen LogP contribution is -2.41. The number of rotatable bonds is 3. The van der Waals surface area contributed by atoms with Crippen molar-refractivity contribution in [3.8, 4) is 0 Å². The van der Waals surface area contributed by atoms with Gasteiger partial charge in [0.1, 0.15) is 5.82 Å². The SMILES string of the molecule is Cn1nc(C2CCN(C(=O)Nc3cccc4ccccc34)CC2)n(C2CCCC2)c1=O. The van der Waals surface area contributed by atoms with E-state index in [9.17, 15) is 9.59 Å². The number of benzene rings is 2. The van der Waals surface area contributed by atoms with Gasteiger partial charge < -0.3 is 10.2 Å². The van der Waals surface area contributed by atoms with Crippen molar-refractivity contribution in [3.63, 3.8) is 0 Å². The Bertz CT molecular complexity index is 1140. The number of nitrogens with one attached hydrogen (secondary N) is 1. The molecule has 2 aromatic carbocycles. The van der Waals surface area contributed by atoms with Crippen LogP contribution >= 0.6 is 0 Å². The molecule has 2 fully saturated rings. The first kappa shape index (κ1) is 19.8. The van der Waals surface area contributed by atoms with E-state index in [0.717, 1.165) is 48.0 Å². The molecule has 0 spiro atoms. The second-order valence-corrected chi connectivity index (χ2v) is 8.79. The number of carbonyl (C=O) groups excluding carboxylic acids is 1. The fourth-order valence-corrected chi connectivity index (χ4v) is 5.15. The lowest BCUT2D eigenvalue weighted by Gasteiger charge is -2.32. The summed E-state index contributed by atoms with van der Waals surface area (Å²) in [6, 6.07) is 14.2. The number of fused-ring (bicyclic) bond motifs is 1. The van der Waals surface area contributed by atoms with Gasteiger partial charge in [-0.1, -0.05) is 49.2 Å². The number of hydrogen-bond acceptors (Lipinski definition) is 3. The van der Waals surface area contributed by atoms with Gasteiger partial charge in [0.25, 0.3) is 0 Å². The van der Waals surface area contributed by atoms with Crippen LogP contribution in [0.5, 0.6) is 0 Å². The third kappa shape index (κ3) is 3.73. The highest BCUT2D eigenvalue weighted by molar-refractivity contribution is 6.01. The Morgan fingerprint density at radius 2 is 1.71 bits per heavy atom. The zero-order valence-corrected chi connectivity index (χ0v) is 18.0. The molecular formula is C24H29N5O2. The highest BCUT2D eigenvalue weighted by atomic mass is 16.2. The summed E-state index contributed by atoms with van der Waals surface area (Å²) in [4.78, 5) is 27.5. The zero-order chi connectivity index (χ0) is 21.4. The quantitative estimate of drug-likeness (QED) is 0.689. The first-order chi connectivity index (χ1) is 15.1. The monoisotopic (exact) mass is 419 g/mol. The number of amides is 2. The minimum absolute atomic E-state index is 0.00183. The van der Waals surface area contributed by atoms with E-state index in [-0.39, 0.29) is 23.7 Å². The van der Waals surface area contributed by atoms with Gasteiger partial charge in [-0.25, -0.2) is 14.3 Å². The molecule has 0 atom stereocenters. The van der Waals surface area contributed by atoms with E-state index >= 15 is 0 Å². The highest BCUT2D eigenvalue weighted by Gasteiger charge is 2.31. The summed E-state index contributed by atoms with van der Waals surface area (Å²) in [5.41, 5.74) is 0.836. The molecule has 0 radical (unpaired) electrons. The lowest BCUT2D eigenvalue weighted by molar-refractivity contribution is 0.192. The number of anilines is 1. The van der Waals surface area contributed by atoms with Gasteiger partial charge >= 0.3 is 11.7 Å². The highest BCUT2D eigenvalue weighted by Crippen LogP contribution is 2.33.